The number of hydrogen-bond donors (Lipinski definition) is 2. The molecule has 0 fully saturated rings. The Morgan fingerprint density at radius 3 is 2.50 bits per heavy atom. The van der Waals surface area contributed by atoms with Crippen molar-refractivity contribution in [1.82, 2.24) is 10.4 Å². The van der Waals surface area contributed by atoms with E-state index >= 15 is 0 Å². The number of benzene rings is 1. The van der Waals surface area contributed by atoms with Crippen LogP contribution in [0.3, 0.4) is 0 Å². The third-order valence-corrected chi connectivity index (χ3v) is 3.75. The Kier molecular flexibility index (Phi) is 4.37. The fourth-order valence-electron chi connectivity index (χ4n) is 2.46. The maximum Gasteiger partial charge on any atom is 0.127 e. The summed E-state index contributed by atoms with van der Waals surface area (Å²) in [6.45, 7) is 6.11. The van der Waals surface area contributed by atoms with Gasteiger partial charge in [-0.3, -0.25) is 10.8 Å². The molecule has 0 amide bonds. The molecule has 1 aromatic carbocycles. The Morgan fingerprint density at radius 2 is 1.90 bits per heavy atom. The van der Waals surface area contributed by atoms with Gasteiger partial charge in [-0.15, -0.1) is 0 Å². The molecular weight excluding hydrogens is 250 g/mol. The summed E-state index contributed by atoms with van der Waals surface area (Å²) in [6.07, 6.45) is 1.78. The minimum atomic E-state index is -0.141. The average Bonchev–Trinajstić information content (AvgIpc) is 2.45. The van der Waals surface area contributed by atoms with Gasteiger partial charge in [0, 0.05) is 17.5 Å². The van der Waals surface area contributed by atoms with Crippen LogP contribution in [0.2, 0.25) is 0 Å². The van der Waals surface area contributed by atoms with Crippen LogP contribution in [0.4, 0.5) is 0 Å². The highest BCUT2D eigenvalue weighted by atomic mass is 16.5. The van der Waals surface area contributed by atoms with Crippen LogP contribution in [-0.4, -0.2) is 12.1 Å². The number of ether oxygens (including phenoxy) is 1. The second kappa shape index (κ2) is 6.03. The van der Waals surface area contributed by atoms with Crippen LogP contribution in [0.25, 0.3) is 0 Å². The minimum absolute atomic E-state index is 0.141. The third kappa shape index (κ3) is 2.53. The summed E-state index contributed by atoms with van der Waals surface area (Å²) in [4.78, 5) is 4.33. The zero-order chi connectivity index (χ0) is 14.7. The number of rotatable bonds is 4. The number of hydrogen-bond acceptors (Lipinski definition) is 4. The molecule has 0 saturated carbocycles. The molecule has 0 spiro atoms. The van der Waals surface area contributed by atoms with Crippen LogP contribution in [0.15, 0.2) is 30.5 Å². The molecule has 4 nitrogen and oxygen atoms in total. The smallest absolute Gasteiger partial charge is 0.127 e. The molecule has 1 aromatic heterocycles. The Balaban J connectivity index is 2.59. The van der Waals surface area contributed by atoms with E-state index in [0.717, 1.165) is 28.1 Å². The number of nitrogens with one attached hydrogen (secondary N) is 1. The van der Waals surface area contributed by atoms with Gasteiger partial charge in [0.25, 0.3) is 0 Å². The summed E-state index contributed by atoms with van der Waals surface area (Å²) in [5.74, 6) is 6.66. The van der Waals surface area contributed by atoms with E-state index in [4.69, 9.17) is 10.6 Å². The van der Waals surface area contributed by atoms with Crippen molar-refractivity contribution in [1.29, 1.82) is 0 Å². The highest BCUT2D eigenvalue weighted by Gasteiger charge is 2.20. The van der Waals surface area contributed by atoms with E-state index in [2.05, 4.69) is 36.4 Å². The zero-order valence-electron chi connectivity index (χ0n) is 12.4. The van der Waals surface area contributed by atoms with E-state index in [-0.39, 0.29) is 6.04 Å². The van der Waals surface area contributed by atoms with Crippen LogP contribution in [-0.2, 0) is 0 Å². The molecule has 4 heteroatoms. The highest BCUT2D eigenvalue weighted by Crippen LogP contribution is 2.34. The van der Waals surface area contributed by atoms with Crippen molar-refractivity contribution in [2.75, 3.05) is 7.11 Å². The fourth-order valence-corrected chi connectivity index (χ4v) is 2.46. The quantitative estimate of drug-likeness (QED) is 0.663. The summed E-state index contributed by atoms with van der Waals surface area (Å²) < 4.78 is 5.59. The molecule has 0 aliphatic rings. The number of aromatic nitrogens is 1. The summed E-state index contributed by atoms with van der Waals surface area (Å²) in [5, 5.41) is 0. The summed E-state index contributed by atoms with van der Waals surface area (Å²) in [5.41, 5.74) is 8.24. The van der Waals surface area contributed by atoms with Crippen molar-refractivity contribution < 1.29 is 4.74 Å². The Morgan fingerprint density at radius 1 is 1.15 bits per heavy atom. The van der Waals surface area contributed by atoms with Crippen LogP contribution >= 0.6 is 0 Å². The normalized spacial score (nSPS) is 12.2. The van der Waals surface area contributed by atoms with Crippen molar-refractivity contribution in [2.45, 2.75) is 26.8 Å². The highest BCUT2D eigenvalue weighted by molar-refractivity contribution is 5.49. The first-order chi connectivity index (χ1) is 9.60. The van der Waals surface area contributed by atoms with Gasteiger partial charge in [0.1, 0.15) is 5.75 Å². The molecule has 0 aliphatic heterocycles. The van der Waals surface area contributed by atoms with Gasteiger partial charge in [-0.25, -0.2) is 5.43 Å². The maximum atomic E-state index is 5.78. The lowest BCUT2D eigenvalue weighted by Crippen LogP contribution is -2.30. The summed E-state index contributed by atoms with van der Waals surface area (Å²) in [6, 6.07) is 7.95. The second-order valence-electron chi connectivity index (χ2n) is 4.91. The second-order valence-corrected chi connectivity index (χ2v) is 4.91. The third-order valence-electron chi connectivity index (χ3n) is 3.75. The Labute approximate surface area is 120 Å². The topological polar surface area (TPSA) is 60.2 Å². The maximum absolute atomic E-state index is 5.78. The molecule has 1 atom stereocenters. The molecule has 0 bridgehead atoms. The van der Waals surface area contributed by atoms with Crippen molar-refractivity contribution >= 4 is 0 Å². The van der Waals surface area contributed by atoms with Gasteiger partial charge in [0.15, 0.2) is 0 Å². The van der Waals surface area contributed by atoms with Gasteiger partial charge in [-0.1, -0.05) is 18.2 Å². The van der Waals surface area contributed by atoms with E-state index in [1.807, 2.05) is 19.1 Å². The van der Waals surface area contributed by atoms with E-state index in [9.17, 15) is 0 Å². The zero-order valence-corrected chi connectivity index (χ0v) is 12.4. The summed E-state index contributed by atoms with van der Waals surface area (Å²) in [7, 11) is 1.69. The molecule has 0 aliphatic carbocycles. The van der Waals surface area contributed by atoms with Gasteiger partial charge < -0.3 is 4.74 Å². The van der Waals surface area contributed by atoms with Crippen molar-refractivity contribution in [3.05, 3.63) is 58.4 Å². The minimum Gasteiger partial charge on any atom is -0.496 e. The van der Waals surface area contributed by atoms with Gasteiger partial charge in [-0.05, 0) is 43.5 Å². The van der Waals surface area contributed by atoms with E-state index in [1.54, 1.807) is 13.3 Å². The molecule has 106 valence electrons. The van der Waals surface area contributed by atoms with E-state index in [0.29, 0.717) is 0 Å². The van der Waals surface area contributed by atoms with Gasteiger partial charge >= 0.3 is 0 Å². The molecule has 1 unspecified atom stereocenters. The molecule has 2 aromatic rings. The predicted molar refractivity (Wildman–Crippen MR) is 80.6 cm³/mol. The molecular formula is C16H21N3O. The molecule has 3 N–H and O–H groups in total. The lowest BCUT2D eigenvalue weighted by molar-refractivity contribution is 0.400. The lowest BCUT2D eigenvalue weighted by Gasteiger charge is -2.22. The van der Waals surface area contributed by atoms with Crippen molar-refractivity contribution in [3.8, 4) is 5.75 Å². The Hall–Kier alpha value is -1.91. The molecule has 1 heterocycles. The number of hydrazine groups is 1. The standard InChI is InChI=1S/C16H21N3O/c1-10-7-8-14(16(20-4)11(10)2)15(19-17)13-6-5-9-18-12(13)3/h5-9,15,19H,17H2,1-4H3. The molecule has 0 saturated heterocycles. The van der Waals surface area contributed by atoms with Crippen molar-refractivity contribution in [2.24, 2.45) is 5.84 Å². The number of nitrogens with two attached hydrogens (primary N) is 1. The van der Waals surface area contributed by atoms with Crippen LogP contribution in [0, 0.1) is 20.8 Å². The Bertz CT molecular complexity index is 611. The van der Waals surface area contributed by atoms with Crippen LogP contribution < -0.4 is 16.0 Å². The number of pyridine rings is 1. The van der Waals surface area contributed by atoms with Crippen molar-refractivity contribution in [3.63, 3.8) is 0 Å². The van der Waals surface area contributed by atoms with Gasteiger partial charge in [0.05, 0.1) is 13.2 Å². The first-order valence-electron chi connectivity index (χ1n) is 6.61. The predicted octanol–water partition coefficient (Wildman–Crippen LogP) is 2.57. The van der Waals surface area contributed by atoms with Crippen LogP contribution in [0.1, 0.15) is 34.0 Å². The fraction of sp³-hybridized carbons (Fsp3) is 0.312. The summed E-state index contributed by atoms with van der Waals surface area (Å²) >= 11 is 0. The first-order valence-corrected chi connectivity index (χ1v) is 6.61. The number of aryl methyl sites for hydroxylation is 2. The van der Waals surface area contributed by atoms with Gasteiger partial charge in [-0.2, -0.15) is 0 Å². The van der Waals surface area contributed by atoms with E-state index in [1.165, 1.54) is 5.56 Å². The molecule has 20 heavy (non-hydrogen) atoms. The molecule has 2 rings (SSSR count). The van der Waals surface area contributed by atoms with E-state index < -0.39 is 0 Å². The molecule has 0 radical (unpaired) electrons. The lowest BCUT2D eigenvalue weighted by atomic mass is 9.94. The van der Waals surface area contributed by atoms with Gasteiger partial charge in [0.2, 0.25) is 0 Å². The monoisotopic (exact) mass is 271 g/mol. The average molecular weight is 271 g/mol. The SMILES string of the molecule is COc1c(C(NN)c2cccnc2C)ccc(C)c1C. The number of nitrogens with zero attached hydrogens (tertiary/aromatic N) is 1. The first kappa shape index (κ1) is 14.5. The van der Waals surface area contributed by atoms with Crippen LogP contribution in [0.5, 0.6) is 5.75 Å². The number of methoxy groups -OCH3 is 1. The largest absolute Gasteiger partial charge is 0.496 e.